The van der Waals surface area contributed by atoms with Crippen molar-refractivity contribution in [1.82, 2.24) is 16.0 Å². The summed E-state index contributed by atoms with van der Waals surface area (Å²) in [6.07, 6.45) is 1.13. The van der Waals surface area contributed by atoms with Crippen LogP contribution in [0.4, 0.5) is 4.79 Å². The number of amides is 2. The highest BCUT2D eigenvalue weighted by atomic mass is 16.2. The zero-order chi connectivity index (χ0) is 10.6. The molecule has 0 saturated carbocycles. The van der Waals surface area contributed by atoms with Crippen LogP contribution in [-0.4, -0.2) is 31.7 Å². The lowest BCUT2D eigenvalue weighted by molar-refractivity contribution is 0.231. The first-order chi connectivity index (χ1) is 6.52. The summed E-state index contributed by atoms with van der Waals surface area (Å²) in [4.78, 5) is 11.3. The fourth-order valence-corrected chi connectivity index (χ4v) is 1.63. The standard InChI is InChI=1S/C10H21N3O/c1-8(2)13-9(14)12-7-10(3)4-5-11-6-10/h8,11H,4-7H2,1-3H3,(H2,12,13,14). The topological polar surface area (TPSA) is 53.2 Å². The summed E-state index contributed by atoms with van der Waals surface area (Å²) in [5.41, 5.74) is 0.230. The van der Waals surface area contributed by atoms with E-state index < -0.39 is 0 Å². The van der Waals surface area contributed by atoms with Gasteiger partial charge in [-0.05, 0) is 32.2 Å². The van der Waals surface area contributed by atoms with Crippen molar-refractivity contribution in [2.75, 3.05) is 19.6 Å². The van der Waals surface area contributed by atoms with Gasteiger partial charge in [0, 0.05) is 19.1 Å². The Hall–Kier alpha value is -0.770. The molecule has 0 aromatic rings. The van der Waals surface area contributed by atoms with E-state index in [2.05, 4.69) is 22.9 Å². The fourth-order valence-electron chi connectivity index (χ4n) is 1.63. The van der Waals surface area contributed by atoms with Gasteiger partial charge in [-0.3, -0.25) is 0 Å². The molecule has 14 heavy (non-hydrogen) atoms. The number of hydrogen-bond donors (Lipinski definition) is 3. The molecule has 1 rings (SSSR count). The molecular weight excluding hydrogens is 178 g/mol. The second kappa shape index (κ2) is 4.64. The van der Waals surface area contributed by atoms with Gasteiger partial charge in [0.05, 0.1) is 0 Å². The van der Waals surface area contributed by atoms with E-state index in [1.54, 1.807) is 0 Å². The maximum absolute atomic E-state index is 11.3. The zero-order valence-electron chi connectivity index (χ0n) is 9.31. The van der Waals surface area contributed by atoms with E-state index >= 15 is 0 Å². The van der Waals surface area contributed by atoms with Crippen molar-refractivity contribution < 1.29 is 4.79 Å². The SMILES string of the molecule is CC(C)NC(=O)NCC1(C)CCNC1. The first-order valence-corrected chi connectivity index (χ1v) is 5.27. The molecule has 0 aliphatic carbocycles. The van der Waals surface area contributed by atoms with Crippen LogP contribution in [0.5, 0.6) is 0 Å². The molecule has 0 spiro atoms. The Balaban J connectivity index is 2.22. The molecule has 82 valence electrons. The first kappa shape index (κ1) is 11.3. The molecule has 1 heterocycles. The van der Waals surface area contributed by atoms with Gasteiger partial charge in [0.1, 0.15) is 0 Å². The number of carbonyl (C=O) groups excluding carboxylic acids is 1. The van der Waals surface area contributed by atoms with E-state index in [9.17, 15) is 4.79 Å². The normalized spacial score (nSPS) is 26.6. The van der Waals surface area contributed by atoms with Gasteiger partial charge >= 0.3 is 6.03 Å². The van der Waals surface area contributed by atoms with Crippen LogP contribution in [0.15, 0.2) is 0 Å². The van der Waals surface area contributed by atoms with Crippen LogP contribution in [0.1, 0.15) is 27.2 Å². The van der Waals surface area contributed by atoms with Gasteiger partial charge in [0.2, 0.25) is 0 Å². The largest absolute Gasteiger partial charge is 0.338 e. The Morgan fingerprint density at radius 3 is 2.79 bits per heavy atom. The quantitative estimate of drug-likeness (QED) is 0.626. The van der Waals surface area contributed by atoms with Crippen molar-refractivity contribution in [3.05, 3.63) is 0 Å². The summed E-state index contributed by atoms with van der Waals surface area (Å²) >= 11 is 0. The van der Waals surface area contributed by atoms with Crippen molar-refractivity contribution in [3.63, 3.8) is 0 Å². The molecule has 0 aromatic heterocycles. The van der Waals surface area contributed by atoms with E-state index in [0.717, 1.165) is 26.1 Å². The van der Waals surface area contributed by atoms with Crippen LogP contribution in [-0.2, 0) is 0 Å². The fraction of sp³-hybridized carbons (Fsp3) is 0.900. The van der Waals surface area contributed by atoms with Gasteiger partial charge in [-0.15, -0.1) is 0 Å². The highest BCUT2D eigenvalue weighted by Gasteiger charge is 2.28. The predicted octanol–water partition coefficient (Wildman–Crippen LogP) is 0.694. The molecule has 1 aliphatic heterocycles. The molecule has 3 N–H and O–H groups in total. The molecule has 1 aliphatic rings. The van der Waals surface area contributed by atoms with Crippen LogP contribution >= 0.6 is 0 Å². The molecule has 1 saturated heterocycles. The number of urea groups is 1. The highest BCUT2D eigenvalue weighted by Crippen LogP contribution is 2.22. The summed E-state index contributed by atoms with van der Waals surface area (Å²) in [6.45, 7) is 8.91. The lowest BCUT2D eigenvalue weighted by Crippen LogP contribution is -2.44. The van der Waals surface area contributed by atoms with E-state index in [4.69, 9.17) is 0 Å². The summed E-state index contributed by atoms with van der Waals surface area (Å²) in [5.74, 6) is 0. The second-order valence-corrected chi connectivity index (χ2v) is 4.72. The van der Waals surface area contributed by atoms with Crippen LogP contribution in [0.2, 0.25) is 0 Å². The van der Waals surface area contributed by atoms with Gasteiger partial charge in [-0.2, -0.15) is 0 Å². The Kier molecular flexibility index (Phi) is 3.75. The molecule has 4 nitrogen and oxygen atoms in total. The smallest absolute Gasteiger partial charge is 0.315 e. The van der Waals surface area contributed by atoms with E-state index in [-0.39, 0.29) is 17.5 Å². The minimum absolute atomic E-state index is 0.0619. The second-order valence-electron chi connectivity index (χ2n) is 4.72. The average Bonchev–Trinajstić information content (AvgIpc) is 2.49. The van der Waals surface area contributed by atoms with Crippen molar-refractivity contribution in [2.24, 2.45) is 5.41 Å². The number of nitrogens with one attached hydrogen (secondary N) is 3. The van der Waals surface area contributed by atoms with Crippen LogP contribution in [0, 0.1) is 5.41 Å². The molecular formula is C10H21N3O. The minimum Gasteiger partial charge on any atom is -0.338 e. The van der Waals surface area contributed by atoms with Crippen molar-refractivity contribution in [2.45, 2.75) is 33.2 Å². The van der Waals surface area contributed by atoms with E-state index in [1.807, 2.05) is 13.8 Å². The summed E-state index contributed by atoms with van der Waals surface area (Å²) < 4.78 is 0. The Morgan fingerprint density at radius 1 is 1.57 bits per heavy atom. The third-order valence-corrected chi connectivity index (χ3v) is 2.55. The van der Waals surface area contributed by atoms with Crippen LogP contribution in [0.3, 0.4) is 0 Å². The van der Waals surface area contributed by atoms with E-state index in [0.29, 0.717) is 0 Å². The molecule has 1 fully saturated rings. The Morgan fingerprint density at radius 2 is 2.29 bits per heavy atom. The van der Waals surface area contributed by atoms with Crippen LogP contribution < -0.4 is 16.0 Å². The molecule has 0 radical (unpaired) electrons. The van der Waals surface area contributed by atoms with Gasteiger partial charge in [0.15, 0.2) is 0 Å². The number of rotatable bonds is 3. The summed E-state index contributed by atoms with van der Waals surface area (Å²) in [7, 11) is 0. The maximum atomic E-state index is 11.3. The lowest BCUT2D eigenvalue weighted by Gasteiger charge is -2.23. The Bertz CT molecular complexity index is 198. The monoisotopic (exact) mass is 199 g/mol. The summed E-state index contributed by atoms with van der Waals surface area (Å²) in [6, 6.07) is 0.137. The van der Waals surface area contributed by atoms with Crippen molar-refractivity contribution in [1.29, 1.82) is 0 Å². The molecule has 0 bridgehead atoms. The number of carbonyl (C=O) groups is 1. The molecule has 1 atom stereocenters. The zero-order valence-corrected chi connectivity index (χ0v) is 9.31. The van der Waals surface area contributed by atoms with Gasteiger partial charge in [-0.25, -0.2) is 4.79 Å². The molecule has 1 unspecified atom stereocenters. The number of hydrogen-bond acceptors (Lipinski definition) is 2. The highest BCUT2D eigenvalue weighted by molar-refractivity contribution is 5.74. The lowest BCUT2D eigenvalue weighted by atomic mass is 9.90. The Labute approximate surface area is 85.8 Å². The van der Waals surface area contributed by atoms with Gasteiger partial charge in [-0.1, -0.05) is 6.92 Å². The van der Waals surface area contributed by atoms with Gasteiger partial charge in [0.25, 0.3) is 0 Å². The van der Waals surface area contributed by atoms with Crippen LogP contribution in [0.25, 0.3) is 0 Å². The molecule has 2 amide bonds. The third kappa shape index (κ3) is 3.54. The minimum atomic E-state index is -0.0619. The van der Waals surface area contributed by atoms with Gasteiger partial charge < -0.3 is 16.0 Å². The predicted molar refractivity (Wildman–Crippen MR) is 57.3 cm³/mol. The molecule has 4 heteroatoms. The van der Waals surface area contributed by atoms with Crippen molar-refractivity contribution in [3.8, 4) is 0 Å². The van der Waals surface area contributed by atoms with Crippen molar-refractivity contribution >= 4 is 6.03 Å². The maximum Gasteiger partial charge on any atom is 0.315 e. The first-order valence-electron chi connectivity index (χ1n) is 5.27. The molecule has 0 aromatic carbocycles. The third-order valence-electron chi connectivity index (χ3n) is 2.55. The average molecular weight is 199 g/mol. The summed E-state index contributed by atoms with van der Waals surface area (Å²) in [5, 5.41) is 9.03. The van der Waals surface area contributed by atoms with E-state index in [1.165, 1.54) is 0 Å².